The summed E-state index contributed by atoms with van der Waals surface area (Å²) in [6.45, 7) is 0. The molecule has 5 heteroatoms. The van der Waals surface area contributed by atoms with Crippen LogP contribution in [-0.4, -0.2) is 10.9 Å². The quantitative estimate of drug-likeness (QED) is 0.761. The van der Waals surface area contributed by atoms with Gasteiger partial charge in [-0.3, -0.25) is 9.59 Å². The highest BCUT2D eigenvalue weighted by Gasteiger charge is 2.26. The molecule has 0 aliphatic heterocycles. The Morgan fingerprint density at radius 3 is 2.88 bits per heavy atom. The average molecular weight is 322 g/mol. The van der Waals surface area contributed by atoms with Gasteiger partial charge in [-0.25, -0.2) is 4.39 Å². The standard InChI is InChI=1S/C19H15FN2O2/c20-15-7-3-6-14-13(15)8-9-16(14)21-19(24)17-10-11-4-1-2-5-12(11)18(23)22-17/h1-7,10,16H,8-9H2,(H,21,24)(H,22,23)/t16-/m0/s1. The molecule has 2 N–H and O–H groups in total. The number of rotatable bonds is 2. The van der Waals surface area contributed by atoms with Gasteiger partial charge in [0.25, 0.3) is 11.5 Å². The Hall–Kier alpha value is -2.95. The molecule has 2 aromatic carbocycles. The summed E-state index contributed by atoms with van der Waals surface area (Å²) in [7, 11) is 0. The van der Waals surface area contributed by atoms with Crippen LogP contribution in [-0.2, 0) is 6.42 Å². The van der Waals surface area contributed by atoms with E-state index in [0.717, 1.165) is 5.56 Å². The van der Waals surface area contributed by atoms with Crippen LogP contribution < -0.4 is 10.9 Å². The number of carbonyl (C=O) groups is 1. The minimum atomic E-state index is -0.361. The highest BCUT2D eigenvalue weighted by atomic mass is 19.1. The van der Waals surface area contributed by atoms with Gasteiger partial charge in [0, 0.05) is 5.39 Å². The van der Waals surface area contributed by atoms with E-state index in [9.17, 15) is 14.0 Å². The molecule has 3 aromatic rings. The molecule has 4 rings (SSSR count). The SMILES string of the molecule is O=C(N[C@H]1CCc2c(F)cccc21)c1cc2ccccc2c(=O)[nH]1. The molecule has 1 aliphatic carbocycles. The van der Waals surface area contributed by atoms with Crippen LogP contribution in [0, 0.1) is 5.82 Å². The van der Waals surface area contributed by atoms with Crippen molar-refractivity contribution in [3.63, 3.8) is 0 Å². The molecule has 0 saturated heterocycles. The highest BCUT2D eigenvalue weighted by Crippen LogP contribution is 2.32. The number of halogens is 1. The lowest BCUT2D eigenvalue weighted by Gasteiger charge is -2.14. The van der Waals surface area contributed by atoms with E-state index in [-0.39, 0.29) is 29.0 Å². The maximum absolute atomic E-state index is 13.8. The molecule has 24 heavy (non-hydrogen) atoms. The summed E-state index contributed by atoms with van der Waals surface area (Å²) in [5.74, 6) is -0.594. The van der Waals surface area contributed by atoms with Crippen LogP contribution in [0.4, 0.5) is 4.39 Å². The van der Waals surface area contributed by atoms with Gasteiger partial charge in [0.15, 0.2) is 0 Å². The minimum Gasteiger partial charge on any atom is -0.344 e. The van der Waals surface area contributed by atoms with Crippen molar-refractivity contribution in [2.75, 3.05) is 0 Å². The maximum Gasteiger partial charge on any atom is 0.268 e. The van der Waals surface area contributed by atoms with Crippen molar-refractivity contribution < 1.29 is 9.18 Å². The van der Waals surface area contributed by atoms with E-state index in [0.29, 0.717) is 29.2 Å². The number of aromatic amines is 1. The molecule has 0 spiro atoms. The third kappa shape index (κ3) is 2.38. The summed E-state index contributed by atoms with van der Waals surface area (Å²) >= 11 is 0. The largest absolute Gasteiger partial charge is 0.344 e. The van der Waals surface area contributed by atoms with Gasteiger partial charge < -0.3 is 10.3 Å². The van der Waals surface area contributed by atoms with E-state index in [1.54, 1.807) is 30.3 Å². The van der Waals surface area contributed by atoms with Crippen LogP contribution in [0.2, 0.25) is 0 Å². The zero-order valence-electron chi connectivity index (χ0n) is 12.8. The average Bonchev–Trinajstić information content (AvgIpc) is 2.99. The number of fused-ring (bicyclic) bond motifs is 2. The lowest BCUT2D eigenvalue weighted by molar-refractivity contribution is 0.0931. The van der Waals surface area contributed by atoms with E-state index in [4.69, 9.17) is 0 Å². The summed E-state index contributed by atoms with van der Waals surface area (Å²) in [6, 6.07) is 13.4. The van der Waals surface area contributed by atoms with E-state index < -0.39 is 0 Å². The van der Waals surface area contributed by atoms with Crippen LogP contribution >= 0.6 is 0 Å². The van der Waals surface area contributed by atoms with Gasteiger partial charge in [-0.15, -0.1) is 0 Å². The Morgan fingerprint density at radius 1 is 1.17 bits per heavy atom. The number of H-pyrrole nitrogens is 1. The van der Waals surface area contributed by atoms with Crippen molar-refractivity contribution in [3.8, 4) is 0 Å². The number of amides is 1. The molecule has 4 nitrogen and oxygen atoms in total. The van der Waals surface area contributed by atoms with Gasteiger partial charge in [0.2, 0.25) is 0 Å². The van der Waals surface area contributed by atoms with Crippen molar-refractivity contribution in [1.82, 2.24) is 10.3 Å². The first-order valence-corrected chi connectivity index (χ1v) is 7.84. The van der Waals surface area contributed by atoms with E-state index in [2.05, 4.69) is 10.3 Å². The molecule has 120 valence electrons. The topological polar surface area (TPSA) is 62.0 Å². The van der Waals surface area contributed by atoms with Crippen molar-refractivity contribution >= 4 is 16.7 Å². The number of benzene rings is 2. The number of hydrogen-bond donors (Lipinski definition) is 2. The number of carbonyl (C=O) groups excluding carboxylic acids is 1. The van der Waals surface area contributed by atoms with Crippen molar-refractivity contribution in [1.29, 1.82) is 0 Å². The van der Waals surface area contributed by atoms with Crippen LogP contribution in [0.1, 0.15) is 34.1 Å². The Morgan fingerprint density at radius 2 is 2.00 bits per heavy atom. The lowest BCUT2D eigenvalue weighted by atomic mass is 10.1. The smallest absolute Gasteiger partial charge is 0.268 e. The first-order valence-electron chi connectivity index (χ1n) is 7.84. The number of pyridine rings is 1. The third-order valence-electron chi connectivity index (χ3n) is 4.52. The number of hydrogen-bond acceptors (Lipinski definition) is 2. The van der Waals surface area contributed by atoms with E-state index in [1.165, 1.54) is 6.07 Å². The predicted octanol–water partition coefficient (Wildman–Crippen LogP) is 3.08. The second-order valence-electron chi connectivity index (χ2n) is 5.97. The zero-order chi connectivity index (χ0) is 16.7. The van der Waals surface area contributed by atoms with E-state index in [1.807, 2.05) is 12.1 Å². The normalized spacial score (nSPS) is 16.1. The summed E-state index contributed by atoms with van der Waals surface area (Å²) in [6.07, 6.45) is 1.25. The minimum absolute atomic E-state index is 0.212. The molecular formula is C19H15FN2O2. The van der Waals surface area contributed by atoms with Crippen LogP contribution in [0.25, 0.3) is 10.8 Å². The molecule has 0 saturated carbocycles. The second-order valence-corrected chi connectivity index (χ2v) is 5.97. The molecule has 0 bridgehead atoms. The predicted molar refractivity (Wildman–Crippen MR) is 89.5 cm³/mol. The van der Waals surface area contributed by atoms with Gasteiger partial charge >= 0.3 is 0 Å². The highest BCUT2D eigenvalue weighted by molar-refractivity contribution is 5.96. The summed E-state index contributed by atoms with van der Waals surface area (Å²) in [5.41, 5.74) is 1.39. The van der Waals surface area contributed by atoms with E-state index >= 15 is 0 Å². The third-order valence-corrected chi connectivity index (χ3v) is 4.52. The molecule has 0 fully saturated rings. The molecule has 0 unspecified atom stereocenters. The van der Waals surface area contributed by atoms with Crippen molar-refractivity contribution in [2.45, 2.75) is 18.9 Å². The molecule has 1 aromatic heterocycles. The first kappa shape index (κ1) is 14.6. The van der Waals surface area contributed by atoms with Crippen LogP contribution in [0.3, 0.4) is 0 Å². The van der Waals surface area contributed by atoms with Crippen molar-refractivity contribution in [2.24, 2.45) is 0 Å². The lowest BCUT2D eigenvalue weighted by Crippen LogP contribution is -2.29. The number of aromatic nitrogens is 1. The Kier molecular flexibility index (Phi) is 3.41. The molecule has 0 radical (unpaired) electrons. The first-order chi connectivity index (χ1) is 11.6. The zero-order valence-corrected chi connectivity index (χ0v) is 12.8. The fourth-order valence-corrected chi connectivity index (χ4v) is 3.33. The fourth-order valence-electron chi connectivity index (χ4n) is 3.33. The maximum atomic E-state index is 13.8. The fraction of sp³-hybridized carbons (Fsp3) is 0.158. The van der Waals surface area contributed by atoms with Gasteiger partial charge in [0.1, 0.15) is 11.5 Å². The molecule has 1 amide bonds. The van der Waals surface area contributed by atoms with Gasteiger partial charge in [-0.2, -0.15) is 0 Å². The molecule has 1 heterocycles. The summed E-state index contributed by atoms with van der Waals surface area (Å²) in [4.78, 5) is 27.2. The Balaban J connectivity index is 1.65. The number of nitrogens with one attached hydrogen (secondary N) is 2. The second kappa shape index (κ2) is 5.60. The van der Waals surface area contributed by atoms with Crippen molar-refractivity contribution in [3.05, 3.63) is 81.5 Å². The summed E-state index contributed by atoms with van der Waals surface area (Å²) < 4.78 is 13.8. The molecule has 1 atom stereocenters. The van der Waals surface area contributed by atoms with Gasteiger partial charge in [-0.1, -0.05) is 30.3 Å². The Labute approximate surface area is 137 Å². The van der Waals surface area contributed by atoms with Gasteiger partial charge in [0.05, 0.1) is 6.04 Å². The Bertz CT molecular complexity index is 1010. The van der Waals surface area contributed by atoms with Crippen LogP contribution in [0.5, 0.6) is 0 Å². The van der Waals surface area contributed by atoms with Crippen LogP contribution in [0.15, 0.2) is 53.3 Å². The summed E-state index contributed by atoms with van der Waals surface area (Å²) in [5, 5.41) is 4.15. The van der Waals surface area contributed by atoms with Gasteiger partial charge in [-0.05, 0) is 47.6 Å². The molecule has 1 aliphatic rings. The molecular weight excluding hydrogens is 307 g/mol. The monoisotopic (exact) mass is 322 g/mol.